The lowest BCUT2D eigenvalue weighted by Crippen LogP contribution is -2.43. The minimum absolute atomic E-state index is 0.0428. The van der Waals surface area contributed by atoms with Crippen LogP contribution in [0.5, 0.6) is 0 Å². The van der Waals surface area contributed by atoms with E-state index in [1.807, 2.05) is 0 Å². The molecule has 1 unspecified atom stereocenters. The standard InChI is InChI=1S/C8H15NO3.C4H10/c10-6-4-7-3-1-2-5-9(7)8(11)12;1-3-4-2/h7,10H,1-6H2,(H,11,12);3-4H2,1-2H3. The van der Waals surface area contributed by atoms with Gasteiger partial charge in [0.15, 0.2) is 0 Å². The van der Waals surface area contributed by atoms with Gasteiger partial charge >= 0.3 is 6.09 Å². The first-order valence-electron chi connectivity index (χ1n) is 6.27. The molecule has 1 heterocycles. The maximum atomic E-state index is 10.7. The van der Waals surface area contributed by atoms with E-state index in [-0.39, 0.29) is 12.6 Å². The Morgan fingerprint density at radius 3 is 2.38 bits per heavy atom. The van der Waals surface area contributed by atoms with Gasteiger partial charge in [0.1, 0.15) is 0 Å². The summed E-state index contributed by atoms with van der Waals surface area (Å²) in [4.78, 5) is 12.1. The summed E-state index contributed by atoms with van der Waals surface area (Å²) >= 11 is 0. The Kier molecular flexibility index (Phi) is 9.00. The molecular weight excluding hydrogens is 206 g/mol. The SMILES string of the molecule is CCCC.O=C(O)N1CCCCC1CCO. The highest BCUT2D eigenvalue weighted by atomic mass is 16.4. The number of hydrogen-bond acceptors (Lipinski definition) is 2. The van der Waals surface area contributed by atoms with Gasteiger partial charge in [0.05, 0.1) is 0 Å². The van der Waals surface area contributed by atoms with Crippen molar-refractivity contribution >= 4 is 6.09 Å². The van der Waals surface area contributed by atoms with E-state index < -0.39 is 6.09 Å². The first kappa shape index (κ1) is 15.2. The monoisotopic (exact) mass is 231 g/mol. The molecular formula is C12H25NO3. The molecule has 0 radical (unpaired) electrons. The van der Waals surface area contributed by atoms with Gasteiger partial charge in [0, 0.05) is 19.2 Å². The Bertz CT molecular complexity index is 181. The van der Waals surface area contributed by atoms with Crippen LogP contribution in [-0.2, 0) is 0 Å². The molecule has 0 aromatic carbocycles. The lowest BCUT2D eigenvalue weighted by molar-refractivity contribution is 0.0949. The molecule has 0 aromatic rings. The number of nitrogens with zero attached hydrogens (tertiary/aromatic N) is 1. The molecule has 1 rings (SSSR count). The highest BCUT2D eigenvalue weighted by Gasteiger charge is 2.25. The van der Waals surface area contributed by atoms with Crippen molar-refractivity contribution in [2.75, 3.05) is 13.2 Å². The van der Waals surface area contributed by atoms with E-state index >= 15 is 0 Å². The topological polar surface area (TPSA) is 60.8 Å². The zero-order valence-electron chi connectivity index (χ0n) is 10.5. The molecule has 1 aliphatic heterocycles. The average Bonchev–Trinajstić information content (AvgIpc) is 2.30. The molecule has 0 spiro atoms. The summed E-state index contributed by atoms with van der Waals surface area (Å²) in [5, 5.41) is 17.5. The molecule has 1 aliphatic rings. The normalized spacial score (nSPS) is 19.9. The summed E-state index contributed by atoms with van der Waals surface area (Å²) in [6.45, 7) is 5.06. The summed E-state index contributed by atoms with van der Waals surface area (Å²) in [5.41, 5.74) is 0. The van der Waals surface area contributed by atoms with Gasteiger partial charge in [-0.3, -0.25) is 0 Å². The Hall–Kier alpha value is -0.770. The van der Waals surface area contributed by atoms with Gasteiger partial charge in [0.2, 0.25) is 0 Å². The van der Waals surface area contributed by atoms with E-state index in [1.54, 1.807) is 0 Å². The summed E-state index contributed by atoms with van der Waals surface area (Å²) in [6, 6.07) is 0.0428. The quantitative estimate of drug-likeness (QED) is 0.785. The fourth-order valence-corrected chi connectivity index (χ4v) is 1.70. The minimum Gasteiger partial charge on any atom is -0.465 e. The third-order valence-corrected chi connectivity index (χ3v) is 2.84. The largest absolute Gasteiger partial charge is 0.465 e. The molecule has 0 aromatic heterocycles. The van der Waals surface area contributed by atoms with Gasteiger partial charge < -0.3 is 15.1 Å². The van der Waals surface area contributed by atoms with Crippen LogP contribution in [0.3, 0.4) is 0 Å². The van der Waals surface area contributed by atoms with Crippen molar-refractivity contribution in [1.82, 2.24) is 4.90 Å². The number of piperidine rings is 1. The van der Waals surface area contributed by atoms with Crippen LogP contribution in [0.15, 0.2) is 0 Å². The number of aliphatic hydroxyl groups excluding tert-OH is 1. The van der Waals surface area contributed by atoms with E-state index in [0.29, 0.717) is 13.0 Å². The van der Waals surface area contributed by atoms with Crippen LogP contribution in [0.2, 0.25) is 0 Å². The van der Waals surface area contributed by atoms with Crippen molar-refractivity contribution in [2.45, 2.75) is 58.4 Å². The van der Waals surface area contributed by atoms with E-state index in [0.717, 1.165) is 19.3 Å². The molecule has 0 saturated carbocycles. The van der Waals surface area contributed by atoms with Crippen LogP contribution >= 0.6 is 0 Å². The second-order valence-corrected chi connectivity index (χ2v) is 4.14. The van der Waals surface area contributed by atoms with Crippen molar-refractivity contribution in [3.63, 3.8) is 0 Å². The van der Waals surface area contributed by atoms with Crippen molar-refractivity contribution in [2.24, 2.45) is 0 Å². The molecule has 0 bridgehead atoms. The molecule has 4 heteroatoms. The van der Waals surface area contributed by atoms with E-state index in [9.17, 15) is 4.79 Å². The maximum Gasteiger partial charge on any atom is 0.407 e. The second-order valence-electron chi connectivity index (χ2n) is 4.14. The molecule has 1 saturated heterocycles. The lowest BCUT2D eigenvalue weighted by Gasteiger charge is -2.33. The van der Waals surface area contributed by atoms with Crippen molar-refractivity contribution in [3.8, 4) is 0 Å². The molecule has 96 valence electrons. The summed E-state index contributed by atoms with van der Waals surface area (Å²) in [5.74, 6) is 0. The van der Waals surface area contributed by atoms with E-state index in [1.165, 1.54) is 17.7 Å². The van der Waals surface area contributed by atoms with E-state index in [4.69, 9.17) is 10.2 Å². The summed E-state index contributed by atoms with van der Waals surface area (Å²) < 4.78 is 0. The minimum atomic E-state index is -0.854. The third kappa shape index (κ3) is 5.95. The lowest BCUT2D eigenvalue weighted by atomic mass is 10.0. The number of carbonyl (C=O) groups is 1. The van der Waals surface area contributed by atoms with Gasteiger partial charge in [-0.1, -0.05) is 26.7 Å². The fourth-order valence-electron chi connectivity index (χ4n) is 1.70. The van der Waals surface area contributed by atoms with Crippen LogP contribution < -0.4 is 0 Å². The van der Waals surface area contributed by atoms with Crippen LogP contribution in [0, 0.1) is 0 Å². The number of likely N-dealkylation sites (tertiary alicyclic amines) is 1. The molecule has 0 aliphatic carbocycles. The van der Waals surface area contributed by atoms with Gasteiger partial charge in [-0.05, 0) is 25.7 Å². The number of rotatable bonds is 3. The Labute approximate surface area is 98.3 Å². The number of aliphatic hydroxyl groups is 1. The molecule has 4 nitrogen and oxygen atoms in total. The van der Waals surface area contributed by atoms with Crippen LogP contribution in [0.25, 0.3) is 0 Å². The zero-order chi connectivity index (χ0) is 12.4. The first-order valence-corrected chi connectivity index (χ1v) is 6.27. The number of hydrogen-bond donors (Lipinski definition) is 2. The van der Waals surface area contributed by atoms with Crippen molar-refractivity contribution in [3.05, 3.63) is 0 Å². The van der Waals surface area contributed by atoms with Gasteiger partial charge in [-0.2, -0.15) is 0 Å². The van der Waals surface area contributed by atoms with Gasteiger partial charge in [0.25, 0.3) is 0 Å². The van der Waals surface area contributed by atoms with E-state index in [2.05, 4.69) is 13.8 Å². The summed E-state index contributed by atoms with van der Waals surface area (Å²) in [7, 11) is 0. The maximum absolute atomic E-state index is 10.7. The van der Waals surface area contributed by atoms with Gasteiger partial charge in [-0.15, -0.1) is 0 Å². The zero-order valence-corrected chi connectivity index (χ0v) is 10.5. The first-order chi connectivity index (χ1) is 7.67. The van der Waals surface area contributed by atoms with Crippen LogP contribution in [0.1, 0.15) is 52.4 Å². The van der Waals surface area contributed by atoms with Crippen LogP contribution in [0.4, 0.5) is 4.79 Å². The predicted octanol–water partition coefficient (Wildman–Crippen LogP) is 2.71. The number of amides is 1. The Balaban J connectivity index is 0.000000487. The van der Waals surface area contributed by atoms with Crippen LogP contribution in [-0.4, -0.2) is 40.4 Å². The Morgan fingerprint density at radius 1 is 1.31 bits per heavy atom. The fraction of sp³-hybridized carbons (Fsp3) is 0.917. The highest BCUT2D eigenvalue weighted by molar-refractivity contribution is 5.65. The Morgan fingerprint density at radius 2 is 1.94 bits per heavy atom. The smallest absolute Gasteiger partial charge is 0.407 e. The van der Waals surface area contributed by atoms with Gasteiger partial charge in [-0.25, -0.2) is 4.79 Å². The predicted molar refractivity (Wildman–Crippen MR) is 64.7 cm³/mol. The third-order valence-electron chi connectivity index (χ3n) is 2.84. The molecule has 1 fully saturated rings. The summed E-state index contributed by atoms with van der Waals surface area (Å²) in [6.07, 6.45) is 5.29. The number of carboxylic acid groups (broad SMARTS) is 1. The molecule has 2 N–H and O–H groups in total. The molecule has 1 amide bonds. The van der Waals surface area contributed by atoms with Crippen molar-refractivity contribution < 1.29 is 15.0 Å². The number of unbranched alkanes of at least 4 members (excludes halogenated alkanes) is 1. The average molecular weight is 231 g/mol. The second kappa shape index (κ2) is 9.46. The molecule has 1 atom stereocenters. The van der Waals surface area contributed by atoms with Crippen molar-refractivity contribution in [1.29, 1.82) is 0 Å². The highest BCUT2D eigenvalue weighted by Crippen LogP contribution is 2.19. The molecule has 16 heavy (non-hydrogen) atoms.